The number of carbonyl (C=O) groups is 3. The zero-order valence-corrected chi connectivity index (χ0v) is 18.8. The summed E-state index contributed by atoms with van der Waals surface area (Å²) in [6, 6.07) is 12.7. The van der Waals surface area contributed by atoms with Crippen molar-refractivity contribution in [3.8, 4) is 5.75 Å². The van der Waals surface area contributed by atoms with Gasteiger partial charge in [0.05, 0.1) is 16.9 Å². The van der Waals surface area contributed by atoms with Crippen molar-refractivity contribution < 1.29 is 19.1 Å². The van der Waals surface area contributed by atoms with Gasteiger partial charge in [-0.2, -0.15) is 0 Å². The molecule has 0 aliphatic carbocycles. The summed E-state index contributed by atoms with van der Waals surface area (Å²) < 4.78 is 5.36. The van der Waals surface area contributed by atoms with E-state index in [4.69, 9.17) is 4.74 Å². The molecular weight excluding hydrogens is 448 g/mol. The molecule has 0 saturated carbocycles. The number of aromatic amines is 1. The lowest BCUT2D eigenvalue weighted by Gasteiger charge is -2.18. The number of anilines is 2. The second kappa shape index (κ2) is 9.26. The van der Waals surface area contributed by atoms with Crippen LogP contribution in [0.25, 0.3) is 11.0 Å². The lowest BCUT2D eigenvalue weighted by molar-refractivity contribution is -0.118. The van der Waals surface area contributed by atoms with E-state index in [9.17, 15) is 14.4 Å². The summed E-state index contributed by atoms with van der Waals surface area (Å²) in [5.41, 5.74) is 5.12. The number of H-pyrrole nitrogens is 1. The number of hydrogen-bond donors (Lipinski definition) is 4. The maximum Gasteiger partial charge on any atom is 0.272 e. The average Bonchev–Trinajstić information content (AvgIpc) is 3.29. The number of ketones is 1. The Morgan fingerprint density at radius 1 is 1.06 bits per heavy atom. The smallest absolute Gasteiger partial charge is 0.272 e. The van der Waals surface area contributed by atoms with Crippen LogP contribution in [0.15, 0.2) is 55.0 Å². The molecule has 0 fully saturated rings. The Bertz CT molecular complexity index is 1440. The van der Waals surface area contributed by atoms with Gasteiger partial charge in [-0.1, -0.05) is 30.3 Å². The largest absolute Gasteiger partial charge is 0.482 e. The number of ether oxygens (including phenoxy) is 1. The highest BCUT2D eigenvalue weighted by Gasteiger charge is 2.18. The van der Waals surface area contributed by atoms with Crippen molar-refractivity contribution in [2.75, 3.05) is 17.2 Å². The topological polar surface area (TPSA) is 138 Å². The first kappa shape index (κ1) is 22.1. The third-order valence-corrected chi connectivity index (χ3v) is 5.65. The standard InChI is InChI=1S/C25H22N6O4/c1-14(32)17-5-2-15(3-6-17)9-26-19-11-27-23-22(19)29-13-30-24(23)25(34)28-10-16-4-7-20-18(8-16)31-21(33)12-35-20/h2-8,11,13,26-27H,9-10,12H2,1H3,(H,28,34)(H,31,33). The Morgan fingerprint density at radius 3 is 2.66 bits per heavy atom. The van der Waals surface area contributed by atoms with Gasteiger partial charge in [-0.25, -0.2) is 9.97 Å². The van der Waals surface area contributed by atoms with Gasteiger partial charge in [-0.15, -0.1) is 0 Å². The number of fused-ring (bicyclic) bond motifs is 2. The number of rotatable bonds is 7. The molecule has 1 aliphatic rings. The number of carbonyl (C=O) groups excluding carboxylic acids is 3. The summed E-state index contributed by atoms with van der Waals surface area (Å²) in [6.07, 6.45) is 3.09. The molecule has 0 bridgehead atoms. The Hall–Kier alpha value is -4.73. The Morgan fingerprint density at radius 2 is 1.86 bits per heavy atom. The first-order valence-corrected chi connectivity index (χ1v) is 11.0. The van der Waals surface area contributed by atoms with Crippen molar-refractivity contribution in [2.24, 2.45) is 0 Å². The lowest BCUT2D eigenvalue weighted by atomic mass is 10.1. The summed E-state index contributed by atoms with van der Waals surface area (Å²) in [6.45, 7) is 2.30. The molecule has 0 radical (unpaired) electrons. The quantitative estimate of drug-likeness (QED) is 0.305. The average molecular weight is 470 g/mol. The summed E-state index contributed by atoms with van der Waals surface area (Å²) in [7, 11) is 0. The summed E-state index contributed by atoms with van der Waals surface area (Å²) in [5, 5.41) is 8.91. The van der Waals surface area contributed by atoms with Crippen LogP contribution < -0.4 is 20.7 Å². The van der Waals surface area contributed by atoms with E-state index >= 15 is 0 Å². The van der Waals surface area contributed by atoms with Gasteiger partial charge in [0, 0.05) is 24.8 Å². The van der Waals surface area contributed by atoms with E-state index in [1.807, 2.05) is 18.2 Å². The number of nitrogens with one attached hydrogen (secondary N) is 4. The van der Waals surface area contributed by atoms with Crippen LogP contribution >= 0.6 is 0 Å². The molecule has 0 spiro atoms. The monoisotopic (exact) mass is 470 g/mol. The van der Waals surface area contributed by atoms with E-state index in [1.165, 1.54) is 13.3 Å². The van der Waals surface area contributed by atoms with Crippen LogP contribution in [0.5, 0.6) is 5.75 Å². The van der Waals surface area contributed by atoms with Crippen molar-refractivity contribution in [3.63, 3.8) is 0 Å². The first-order valence-electron chi connectivity index (χ1n) is 11.0. The van der Waals surface area contributed by atoms with Gasteiger partial charge >= 0.3 is 0 Å². The van der Waals surface area contributed by atoms with Gasteiger partial charge < -0.3 is 25.7 Å². The number of Topliss-reactive ketones (excluding diaryl/α,β-unsaturated/α-hetero) is 1. The van der Waals surface area contributed by atoms with E-state index in [-0.39, 0.29) is 36.4 Å². The Kier molecular flexibility index (Phi) is 5.84. The van der Waals surface area contributed by atoms with E-state index < -0.39 is 0 Å². The van der Waals surface area contributed by atoms with Crippen LogP contribution in [-0.4, -0.2) is 39.2 Å². The van der Waals surface area contributed by atoms with Crippen LogP contribution in [0.4, 0.5) is 11.4 Å². The van der Waals surface area contributed by atoms with E-state index in [0.29, 0.717) is 34.6 Å². The minimum atomic E-state index is -0.358. The van der Waals surface area contributed by atoms with Crippen molar-refractivity contribution in [1.29, 1.82) is 0 Å². The molecule has 10 nitrogen and oxygen atoms in total. The van der Waals surface area contributed by atoms with Crippen LogP contribution in [0.3, 0.4) is 0 Å². The van der Waals surface area contributed by atoms with Crippen LogP contribution in [0.1, 0.15) is 38.9 Å². The number of amides is 2. The summed E-state index contributed by atoms with van der Waals surface area (Å²) >= 11 is 0. The molecule has 35 heavy (non-hydrogen) atoms. The highest BCUT2D eigenvalue weighted by atomic mass is 16.5. The molecule has 10 heteroatoms. The molecule has 4 aromatic rings. The third kappa shape index (κ3) is 4.67. The molecule has 4 N–H and O–H groups in total. The fraction of sp³-hybridized carbons (Fsp3) is 0.160. The second-order valence-corrected chi connectivity index (χ2v) is 8.10. The number of hydrogen-bond acceptors (Lipinski definition) is 7. The van der Waals surface area contributed by atoms with Gasteiger partial charge in [-0.05, 0) is 30.2 Å². The zero-order valence-electron chi connectivity index (χ0n) is 18.8. The molecule has 176 valence electrons. The number of aromatic nitrogens is 3. The van der Waals surface area contributed by atoms with Crippen LogP contribution in [-0.2, 0) is 17.9 Å². The molecule has 2 aromatic heterocycles. The predicted molar refractivity (Wildman–Crippen MR) is 129 cm³/mol. The molecule has 1 aliphatic heterocycles. The number of benzene rings is 2. The van der Waals surface area contributed by atoms with Gasteiger partial charge in [0.15, 0.2) is 18.1 Å². The second-order valence-electron chi connectivity index (χ2n) is 8.10. The van der Waals surface area contributed by atoms with E-state index in [0.717, 1.165) is 16.8 Å². The molecule has 0 saturated heterocycles. The minimum Gasteiger partial charge on any atom is -0.482 e. The van der Waals surface area contributed by atoms with E-state index in [1.54, 1.807) is 30.5 Å². The van der Waals surface area contributed by atoms with Crippen molar-refractivity contribution in [1.82, 2.24) is 20.3 Å². The molecule has 2 amide bonds. The molecule has 2 aromatic carbocycles. The maximum atomic E-state index is 12.9. The fourth-order valence-electron chi connectivity index (χ4n) is 3.81. The van der Waals surface area contributed by atoms with Crippen LogP contribution in [0.2, 0.25) is 0 Å². The van der Waals surface area contributed by atoms with Gasteiger partial charge in [0.25, 0.3) is 11.8 Å². The van der Waals surface area contributed by atoms with Gasteiger partial charge in [-0.3, -0.25) is 14.4 Å². The highest BCUT2D eigenvalue weighted by Crippen LogP contribution is 2.28. The Balaban J connectivity index is 1.27. The van der Waals surface area contributed by atoms with Crippen molar-refractivity contribution >= 4 is 40.0 Å². The maximum absolute atomic E-state index is 12.9. The summed E-state index contributed by atoms with van der Waals surface area (Å²) in [4.78, 5) is 47.4. The highest BCUT2D eigenvalue weighted by molar-refractivity contribution is 6.05. The van der Waals surface area contributed by atoms with Gasteiger partial charge in [0.1, 0.15) is 17.6 Å². The van der Waals surface area contributed by atoms with Gasteiger partial charge in [0.2, 0.25) is 0 Å². The first-order chi connectivity index (χ1) is 17.0. The normalized spacial score (nSPS) is 12.4. The predicted octanol–water partition coefficient (Wildman–Crippen LogP) is 3.03. The molecule has 0 atom stereocenters. The molecular formula is C25H22N6O4. The lowest BCUT2D eigenvalue weighted by Crippen LogP contribution is -2.26. The number of nitrogens with zero attached hydrogens (tertiary/aromatic N) is 2. The van der Waals surface area contributed by atoms with E-state index in [2.05, 4.69) is 30.9 Å². The molecule has 3 heterocycles. The molecule has 5 rings (SSSR count). The minimum absolute atomic E-state index is 0.00801. The Labute approximate surface area is 200 Å². The SMILES string of the molecule is CC(=O)c1ccc(CNc2c[nH]c3c(C(=O)NCc4ccc5c(c4)NC(=O)CO5)ncnc23)cc1. The van der Waals surface area contributed by atoms with Crippen molar-refractivity contribution in [3.05, 3.63) is 77.4 Å². The fourth-order valence-corrected chi connectivity index (χ4v) is 3.81. The zero-order chi connectivity index (χ0) is 24.4. The molecule has 0 unspecified atom stereocenters. The van der Waals surface area contributed by atoms with Crippen LogP contribution in [0, 0.1) is 0 Å². The summed E-state index contributed by atoms with van der Waals surface area (Å²) in [5.74, 6) is 0.0457. The van der Waals surface area contributed by atoms with Crippen molar-refractivity contribution in [2.45, 2.75) is 20.0 Å². The third-order valence-electron chi connectivity index (χ3n) is 5.65.